The van der Waals surface area contributed by atoms with Crippen LogP contribution in [0.4, 0.5) is 0 Å². The van der Waals surface area contributed by atoms with Crippen LogP contribution in [0.5, 0.6) is 0 Å². The van der Waals surface area contributed by atoms with Crippen molar-refractivity contribution in [1.29, 1.82) is 0 Å². The smallest absolute Gasteiger partial charge is 0.336 e. The number of fused-ring (bicyclic) bond motifs is 2. The van der Waals surface area contributed by atoms with Crippen molar-refractivity contribution in [3.63, 3.8) is 0 Å². The lowest BCUT2D eigenvalue weighted by molar-refractivity contribution is 0.559. The lowest BCUT2D eigenvalue weighted by atomic mass is 10.1. The van der Waals surface area contributed by atoms with Gasteiger partial charge in [-0.05, 0) is 48.0 Å². The highest BCUT2D eigenvalue weighted by molar-refractivity contribution is 9.10. The number of rotatable bonds is 4. The number of thioether (sulfide) groups is 1. The average Bonchev–Trinajstić information content (AvgIpc) is 2.77. The highest BCUT2D eigenvalue weighted by atomic mass is 79.9. The Morgan fingerprint density at radius 2 is 1.68 bits per heavy atom. The normalized spacial score (nSPS) is 11.3. The van der Waals surface area contributed by atoms with E-state index >= 15 is 0 Å². The second-order valence-corrected chi connectivity index (χ2v) is 8.77. The number of halogens is 1. The molecule has 0 aliphatic carbocycles. The first-order valence-electron chi connectivity index (χ1n) is 9.52. The molecule has 31 heavy (non-hydrogen) atoms. The Labute approximate surface area is 189 Å². The van der Waals surface area contributed by atoms with Crippen LogP contribution in [-0.4, -0.2) is 9.55 Å². The van der Waals surface area contributed by atoms with E-state index in [1.807, 2.05) is 60.7 Å². The van der Waals surface area contributed by atoms with Crippen LogP contribution in [0.2, 0.25) is 0 Å². The van der Waals surface area contributed by atoms with E-state index < -0.39 is 5.63 Å². The molecule has 5 rings (SSSR count). The first-order valence-corrected chi connectivity index (χ1v) is 11.3. The summed E-state index contributed by atoms with van der Waals surface area (Å²) in [6.07, 6.45) is 0. The molecule has 5 nitrogen and oxygen atoms in total. The lowest BCUT2D eigenvalue weighted by Gasteiger charge is -2.13. The molecule has 2 heterocycles. The molecular weight excluding hydrogens is 476 g/mol. The Morgan fingerprint density at radius 1 is 0.903 bits per heavy atom. The summed E-state index contributed by atoms with van der Waals surface area (Å²) in [5, 5.41) is 1.98. The van der Waals surface area contributed by atoms with Crippen molar-refractivity contribution in [2.24, 2.45) is 0 Å². The Hall–Kier alpha value is -3.16. The average molecular weight is 491 g/mol. The number of para-hydroxylation sites is 2. The van der Waals surface area contributed by atoms with E-state index in [4.69, 9.17) is 9.40 Å². The van der Waals surface area contributed by atoms with E-state index in [9.17, 15) is 9.59 Å². The van der Waals surface area contributed by atoms with Crippen molar-refractivity contribution in [1.82, 2.24) is 9.55 Å². The molecule has 0 fully saturated rings. The van der Waals surface area contributed by atoms with Crippen LogP contribution in [0.25, 0.3) is 27.6 Å². The van der Waals surface area contributed by atoms with Gasteiger partial charge in [0, 0.05) is 21.7 Å². The third kappa shape index (κ3) is 3.82. The zero-order valence-corrected chi connectivity index (χ0v) is 18.5. The number of hydrogen-bond acceptors (Lipinski definition) is 5. The monoisotopic (exact) mass is 490 g/mol. The summed E-state index contributed by atoms with van der Waals surface area (Å²) in [6.45, 7) is 0. The number of aromatic nitrogens is 2. The summed E-state index contributed by atoms with van der Waals surface area (Å²) in [4.78, 5) is 30.1. The standard InChI is InChI=1S/C24H15BrN2O3S/c25-16-10-11-18-15(12-22(28)30-21(18)13-16)14-31-24-26-20-9-5-4-8-19(20)23(29)27(24)17-6-2-1-3-7-17/h1-13H,14H2. The molecule has 3 aromatic carbocycles. The van der Waals surface area contributed by atoms with Gasteiger partial charge in [0.1, 0.15) is 5.58 Å². The van der Waals surface area contributed by atoms with E-state index in [0.29, 0.717) is 27.4 Å². The fraction of sp³-hybridized carbons (Fsp3) is 0.0417. The highest BCUT2D eigenvalue weighted by Crippen LogP contribution is 2.28. The summed E-state index contributed by atoms with van der Waals surface area (Å²) in [7, 11) is 0. The zero-order chi connectivity index (χ0) is 21.4. The van der Waals surface area contributed by atoms with E-state index in [1.165, 1.54) is 17.8 Å². The van der Waals surface area contributed by atoms with E-state index in [0.717, 1.165) is 21.1 Å². The molecule has 0 radical (unpaired) electrons. The number of benzene rings is 3. The summed E-state index contributed by atoms with van der Waals surface area (Å²) in [6, 6.07) is 23.9. The first kappa shape index (κ1) is 19.8. The number of nitrogens with zero attached hydrogens (tertiary/aromatic N) is 2. The largest absolute Gasteiger partial charge is 0.423 e. The molecule has 0 atom stereocenters. The summed E-state index contributed by atoms with van der Waals surface area (Å²) >= 11 is 4.82. The molecular formula is C24H15BrN2O3S. The van der Waals surface area contributed by atoms with Crippen molar-refractivity contribution in [2.75, 3.05) is 0 Å². The third-order valence-corrected chi connectivity index (χ3v) is 6.39. The zero-order valence-electron chi connectivity index (χ0n) is 16.1. The maximum absolute atomic E-state index is 13.3. The van der Waals surface area contributed by atoms with Crippen molar-refractivity contribution < 1.29 is 4.42 Å². The highest BCUT2D eigenvalue weighted by Gasteiger charge is 2.14. The number of hydrogen-bond donors (Lipinski definition) is 0. The van der Waals surface area contributed by atoms with Crippen LogP contribution in [0.15, 0.2) is 102 Å². The van der Waals surface area contributed by atoms with Gasteiger partial charge < -0.3 is 4.42 Å². The molecule has 2 aromatic heterocycles. The Morgan fingerprint density at radius 3 is 2.52 bits per heavy atom. The van der Waals surface area contributed by atoms with E-state index in [2.05, 4.69) is 15.9 Å². The van der Waals surface area contributed by atoms with E-state index in [-0.39, 0.29) is 5.56 Å². The first-order chi connectivity index (χ1) is 15.1. The molecule has 0 aliphatic rings. The van der Waals surface area contributed by atoms with Crippen LogP contribution in [0.1, 0.15) is 5.56 Å². The Balaban J connectivity index is 1.64. The SMILES string of the molecule is O=c1cc(CSc2nc3ccccc3c(=O)n2-c2ccccc2)c2ccc(Br)cc2o1. The second kappa shape index (κ2) is 8.17. The molecule has 0 amide bonds. The molecule has 152 valence electrons. The Kier molecular flexibility index (Phi) is 5.21. The van der Waals surface area contributed by atoms with Gasteiger partial charge in [-0.1, -0.05) is 58.0 Å². The molecule has 5 aromatic rings. The molecule has 0 saturated carbocycles. The fourth-order valence-electron chi connectivity index (χ4n) is 3.48. The van der Waals surface area contributed by atoms with Gasteiger partial charge in [0.2, 0.25) is 0 Å². The molecule has 0 N–H and O–H groups in total. The van der Waals surface area contributed by atoms with Crippen molar-refractivity contribution >= 4 is 49.6 Å². The van der Waals surface area contributed by atoms with Crippen LogP contribution in [0, 0.1) is 0 Å². The fourth-order valence-corrected chi connectivity index (χ4v) is 4.82. The van der Waals surface area contributed by atoms with Crippen molar-refractivity contribution in [3.8, 4) is 5.69 Å². The molecule has 7 heteroatoms. The predicted molar refractivity (Wildman–Crippen MR) is 127 cm³/mol. The van der Waals surface area contributed by atoms with Crippen LogP contribution < -0.4 is 11.2 Å². The van der Waals surface area contributed by atoms with Crippen molar-refractivity contribution in [2.45, 2.75) is 10.9 Å². The van der Waals surface area contributed by atoms with Crippen LogP contribution >= 0.6 is 27.7 Å². The maximum atomic E-state index is 13.3. The van der Waals surface area contributed by atoms with Gasteiger partial charge in [-0.3, -0.25) is 9.36 Å². The third-order valence-electron chi connectivity index (χ3n) is 4.91. The summed E-state index contributed by atoms with van der Waals surface area (Å²) in [5.41, 5.74) is 2.20. The van der Waals surface area contributed by atoms with Gasteiger partial charge in [0.15, 0.2) is 5.16 Å². The van der Waals surface area contributed by atoms with Crippen LogP contribution in [-0.2, 0) is 5.75 Å². The van der Waals surface area contributed by atoms with Gasteiger partial charge in [-0.2, -0.15) is 0 Å². The van der Waals surface area contributed by atoms with Gasteiger partial charge >= 0.3 is 5.63 Å². The Bertz CT molecular complexity index is 1540. The van der Waals surface area contributed by atoms with Gasteiger partial charge in [0.05, 0.1) is 16.6 Å². The molecule has 0 aliphatic heterocycles. The van der Waals surface area contributed by atoms with E-state index in [1.54, 1.807) is 16.7 Å². The minimum Gasteiger partial charge on any atom is -0.423 e. The maximum Gasteiger partial charge on any atom is 0.336 e. The minimum absolute atomic E-state index is 0.124. The summed E-state index contributed by atoms with van der Waals surface area (Å²) < 4.78 is 7.80. The molecule has 0 spiro atoms. The van der Waals surface area contributed by atoms with Gasteiger partial charge in [-0.25, -0.2) is 9.78 Å². The predicted octanol–water partition coefficient (Wildman–Crippen LogP) is 5.55. The van der Waals surface area contributed by atoms with Gasteiger partial charge in [-0.15, -0.1) is 0 Å². The summed E-state index contributed by atoms with van der Waals surface area (Å²) in [5.74, 6) is 0.460. The quantitative estimate of drug-likeness (QED) is 0.188. The second-order valence-electron chi connectivity index (χ2n) is 6.91. The van der Waals surface area contributed by atoms with Crippen LogP contribution in [0.3, 0.4) is 0 Å². The minimum atomic E-state index is -0.409. The lowest BCUT2D eigenvalue weighted by Crippen LogP contribution is -2.21. The van der Waals surface area contributed by atoms with Gasteiger partial charge in [0.25, 0.3) is 5.56 Å². The molecule has 0 bridgehead atoms. The molecule has 0 unspecified atom stereocenters. The van der Waals surface area contributed by atoms with Crippen molar-refractivity contribution in [3.05, 3.63) is 110 Å². The topological polar surface area (TPSA) is 65.1 Å². The molecule has 0 saturated heterocycles.